The fraction of sp³-hybridized carbons (Fsp3) is 0.583. The van der Waals surface area contributed by atoms with E-state index < -0.39 is 0 Å². The zero-order valence-corrected chi connectivity index (χ0v) is 10.1. The number of nitrogens with two attached hydrogens (primary N) is 1. The van der Waals surface area contributed by atoms with Crippen LogP contribution in [0.1, 0.15) is 18.3 Å². The highest BCUT2D eigenvalue weighted by atomic mass is 16.5. The second kappa shape index (κ2) is 7.33. The summed E-state index contributed by atoms with van der Waals surface area (Å²) in [5.74, 6) is 0. The number of aromatic nitrogens is 1. The lowest BCUT2D eigenvalue weighted by molar-refractivity contribution is 0.120. The Morgan fingerprint density at radius 3 is 2.81 bits per heavy atom. The molecule has 0 saturated heterocycles. The molecule has 0 spiro atoms. The summed E-state index contributed by atoms with van der Waals surface area (Å²) in [4.78, 5) is 6.64. The number of hydrogen-bond donors (Lipinski definition) is 1. The zero-order valence-electron chi connectivity index (χ0n) is 10.1. The molecule has 4 heteroatoms. The first-order chi connectivity index (χ1) is 7.76. The molecule has 2 N–H and O–H groups in total. The summed E-state index contributed by atoms with van der Waals surface area (Å²) in [5, 5.41) is 0. The molecule has 0 radical (unpaired) electrons. The first-order valence-electron chi connectivity index (χ1n) is 5.67. The highest BCUT2D eigenvalue weighted by molar-refractivity contribution is 5.10. The van der Waals surface area contributed by atoms with Gasteiger partial charge in [-0.15, -0.1) is 0 Å². The van der Waals surface area contributed by atoms with Crippen molar-refractivity contribution in [2.45, 2.75) is 20.0 Å². The van der Waals surface area contributed by atoms with Crippen molar-refractivity contribution >= 4 is 0 Å². The van der Waals surface area contributed by atoms with E-state index in [1.54, 1.807) is 0 Å². The molecule has 0 fully saturated rings. The van der Waals surface area contributed by atoms with E-state index in [2.05, 4.69) is 16.9 Å². The van der Waals surface area contributed by atoms with Crippen molar-refractivity contribution < 1.29 is 4.74 Å². The number of pyridine rings is 1. The Morgan fingerprint density at radius 2 is 2.12 bits per heavy atom. The lowest BCUT2D eigenvalue weighted by Crippen LogP contribution is -2.23. The summed E-state index contributed by atoms with van der Waals surface area (Å²) in [6.07, 6.45) is 0. The van der Waals surface area contributed by atoms with Crippen molar-refractivity contribution in [3.8, 4) is 0 Å². The van der Waals surface area contributed by atoms with E-state index in [0.717, 1.165) is 37.7 Å². The first-order valence-corrected chi connectivity index (χ1v) is 5.67. The van der Waals surface area contributed by atoms with Crippen LogP contribution in [0.4, 0.5) is 0 Å². The minimum atomic E-state index is 0.497. The van der Waals surface area contributed by atoms with Crippen LogP contribution in [-0.2, 0) is 17.8 Å². The number of rotatable bonds is 7. The summed E-state index contributed by atoms with van der Waals surface area (Å²) in [6, 6.07) is 5.97. The Balaban J connectivity index is 2.39. The molecule has 1 aromatic heterocycles. The lowest BCUT2D eigenvalue weighted by atomic mass is 10.3. The predicted octanol–water partition coefficient (Wildman–Crippen LogP) is 1.01. The highest BCUT2D eigenvalue weighted by Crippen LogP contribution is 2.02. The molecule has 0 aliphatic carbocycles. The maximum absolute atomic E-state index is 5.55. The van der Waals surface area contributed by atoms with Crippen LogP contribution in [0.15, 0.2) is 18.2 Å². The molecule has 1 aromatic rings. The molecule has 16 heavy (non-hydrogen) atoms. The molecule has 1 heterocycles. The van der Waals surface area contributed by atoms with Crippen LogP contribution < -0.4 is 5.73 Å². The van der Waals surface area contributed by atoms with Crippen LogP contribution in [0, 0.1) is 0 Å². The summed E-state index contributed by atoms with van der Waals surface area (Å²) in [6.45, 7) is 5.80. The van der Waals surface area contributed by atoms with Crippen LogP contribution in [0.3, 0.4) is 0 Å². The Hall–Kier alpha value is -0.970. The van der Waals surface area contributed by atoms with Crippen molar-refractivity contribution in [1.29, 1.82) is 0 Å². The van der Waals surface area contributed by atoms with Gasteiger partial charge in [0.2, 0.25) is 0 Å². The largest absolute Gasteiger partial charge is 0.380 e. The standard InChI is InChI=1S/C12H21N3O/c1-3-16-8-7-15(2)10-12-6-4-5-11(9-13)14-12/h4-6H,3,7-10,13H2,1-2H3. The van der Waals surface area contributed by atoms with Crippen molar-refractivity contribution in [3.05, 3.63) is 29.6 Å². The molecule has 0 amide bonds. The molecule has 4 nitrogen and oxygen atoms in total. The minimum Gasteiger partial charge on any atom is -0.380 e. The molecule has 90 valence electrons. The van der Waals surface area contributed by atoms with Gasteiger partial charge >= 0.3 is 0 Å². The molecule has 1 rings (SSSR count). The molecule has 0 unspecified atom stereocenters. The van der Waals surface area contributed by atoms with Crippen LogP contribution in [0.25, 0.3) is 0 Å². The van der Waals surface area contributed by atoms with E-state index >= 15 is 0 Å². The predicted molar refractivity (Wildman–Crippen MR) is 65.0 cm³/mol. The Morgan fingerprint density at radius 1 is 1.38 bits per heavy atom. The van der Waals surface area contributed by atoms with E-state index in [1.807, 2.05) is 25.1 Å². The van der Waals surface area contributed by atoms with Gasteiger partial charge in [0.1, 0.15) is 0 Å². The number of hydrogen-bond acceptors (Lipinski definition) is 4. The van der Waals surface area contributed by atoms with E-state index in [1.165, 1.54) is 0 Å². The SMILES string of the molecule is CCOCCN(C)Cc1cccc(CN)n1. The maximum atomic E-state index is 5.55. The highest BCUT2D eigenvalue weighted by Gasteiger charge is 2.01. The molecular weight excluding hydrogens is 202 g/mol. The van der Waals surface area contributed by atoms with Gasteiger partial charge in [-0.2, -0.15) is 0 Å². The number of likely N-dealkylation sites (N-methyl/N-ethyl adjacent to an activating group) is 1. The van der Waals surface area contributed by atoms with Crippen LogP contribution in [-0.4, -0.2) is 36.7 Å². The fourth-order valence-corrected chi connectivity index (χ4v) is 1.45. The van der Waals surface area contributed by atoms with Gasteiger partial charge in [0.15, 0.2) is 0 Å². The molecular formula is C12H21N3O. The molecule has 0 saturated carbocycles. The fourth-order valence-electron chi connectivity index (χ4n) is 1.45. The van der Waals surface area contributed by atoms with Gasteiger partial charge in [-0.3, -0.25) is 9.88 Å². The van der Waals surface area contributed by atoms with Crippen molar-refractivity contribution in [1.82, 2.24) is 9.88 Å². The first kappa shape index (κ1) is 13.1. The van der Waals surface area contributed by atoms with Crippen molar-refractivity contribution in [2.24, 2.45) is 5.73 Å². The van der Waals surface area contributed by atoms with E-state index in [-0.39, 0.29) is 0 Å². The van der Waals surface area contributed by atoms with Crippen LogP contribution in [0.2, 0.25) is 0 Å². The third-order valence-electron chi connectivity index (χ3n) is 2.33. The second-order valence-electron chi connectivity index (χ2n) is 3.76. The monoisotopic (exact) mass is 223 g/mol. The third kappa shape index (κ3) is 4.70. The third-order valence-corrected chi connectivity index (χ3v) is 2.33. The van der Waals surface area contributed by atoms with E-state index in [4.69, 9.17) is 10.5 Å². The van der Waals surface area contributed by atoms with Gasteiger partial charge in [-0.25, -0.2) is 0 Å². The number of nitrogens with zero attached hydrogens (tertiary/aromatic N) is 2. The molecule has 0 atom stereocenters. The van der Waals surface area contributed by atoms with Gasteiger partial charge in [-0.05, 0) is 26.1 Å². The van der Waals surface area contributed by atoms with Gasteiger partial charge in [0.25, 0.3) is 0 Å². The van der Waals surface area contributed by atoms with Crippen LogP contribution >= 0.6 is 0 Å². The summed E-state index contributed by atoms with van der Waals surface area (Å²) >= 11 is 0. The smallest absolute Gasteiger partial charge is 0.0593 e. The van der Waals surface area contributed by atoms with Gasteiger partial charge in [0, 0.05) is 26.2 Å². The van der Waals surface area contributed by atoms with Gasteiger partial charge in [0.05, 0.1) is 18.0 Å². The molecule has 0 aliphatic heterocycles. The lowest BCUT2D eigenvalue weighted by Gasteiger charge is -2.16. The zero-order chi connectivity index (χ0) is 11.8. The molecule has 0 aliphatic rings. The maximum Gasteiger partial charge on any atom is 0.0593 e. The Kier molecular flexibility index (Phi) is 6.00. The van der Waals surface area contributed by atoms with Gasteiger partial charge < -0.3 is 10.5 Å². The summed E-state index contributed by atoms with van der Waals surface area (Å²) in [5.41, 5.74) is 7.55. The summed E-state index contributed by atoms with van der Waals surface area (Å²) < 4.78 is 5.30. The summed E-state index contributed by atoms with van der Waals surface area (Å²) in [7, 11) is 2.07. The average molecular weight is 223 g/mol. The van der Waals surface area contributed by atoms with Crippen molar-refractivity contribution in [3.63, 3.8) is 0 Å². The Labute approximate surface area is 97.4 Å². The van der Waals surface area contributed by atoms with Crippen molar-refractivity contribution in [2.75, 3.05) is 26.8 Å². The Bertz CT molecular complexity index is 304. The minimum absolute atomic E-state index is 0.497. The quantitative estimate of drug-likeness (QED) is 0.701. The van der Waals surface area contributed by atoms with E-state index in [9.17, 15) is 0 Å². The molecule has 0 bridgehead atoms. The normalized spacial score (nSPS) is 11.0. The average Bonchev–Trinajstić information content (AvgIpc) is 2.29. The number of ether oxygens (including phenoxy) is 1. The van der Waals surface area contributed by atoms with Gasteiger partial charge in [-0.1, -0.05) is 6.07 Å². The second-order valence-corrected chi connectivity index (χ2v) is 3.76. The molecule has 0 aromatic carbocycles. The van der Waals surface area contributed by atoms with Crippen LogP contribution in [0.5, 0.6) is 0 Å². The topological polar surface area (TPSA) is 51.4 Å². The van der Waals surface area contributed by atoms with E-state index in [0.29, 0.717) is 6.54 Å².